The van der Waals surface area contributed by atoms with Crippen molar-refractivity contribution in [1.29, 1.82) is 0 Å². The number of rotatable bonds is 5. The van der Waals surface area contributed by atoms with E-state index in [2.05, 4.69) is 23.3 Å². The maximum Gasteiger partial charge on any atom is 0.0299 e. The molecule has 88 valence electrons. The fourth-order valence-corrected chi connectivity index (χ4v) is 2.65. The van der Waals surface area contributed by atoms with Crippen molar-refractivity contribution < 1.29 is 0 Å². The molecule has 1 aliphatic rings. The highest BCUT2D eigenvalue weighted by Gasteiger charge is 2.23. The molecule has 1 aliphatic carbocycles. The van der Waals surface area contributed by atoms with E-state index in [1.165, 1.54) is 44.2 Å². The first-order chi connectivity index (χ1) is 7.88. The van der Waals surface area contributed by atoms with E-state index in [0.717, 1.165) is 12.0 Å². The van der Waals surface area contributed by atoms with E-state index in [1.54, 1.807) is 0 Å². The molecule has 2 heteroatoms. The molecule has 1 heterocycles. The van der Waals surface area contributed by atoms with Gasteiger partial charge in [0.2, 0.25) is 0 Å². The van der Waals surface area contributed by atoms with Crippen molar-refractivity contribution in [3.05, 3.63) is 30.1 Å². The third-order valence-electron chi connectivity index (χ3n) is 3.47. The lowest BCUT2D eigenvalue weighted by Gasteiger charge is -2.12. The first-order valence-electron chi connectivity index (χ1n) is 6.50. The Kier molecular flexibility index (Phi) is 4.34. The van der Waals surface area contributed by atoms with Crippen molar-refractivity contribution in [1.82, 2.24) is 10.3 Å². The molecule has 0 bridgehead atoms. The van der Waals surface area contributed by atoms with Crippen molar-refractivity contribution in [2.75, 3.05) is 6.54 Å². The summed E-state index contributed by atoms with van der Waals surface area (Å²) >= 11 is 0. The highest BCUT2D eigenvalue weighted by molar-refractivity contribution is 5.09. The summed E-state index contributed by atoms with van der Waals surface area (Å²) in [5.41, 5.74) is 1.39. The molecule has 1 aromatic heterocycles. The highest BCUT2D eigenvalue weighted by Crippen LogP contribution is 2.28. The Morgan fingerprint density at radius 1 is 1.44 bits per heavy atom. The van der Waals surface area contributed by atoms with Crippen molar-refractivity contribution in [3.63, 3.8) is 0 Å². The second kappa shape index (κ2) is 6.00. The van der Waals surface area contributed by atoms with Gasteiger partial charge in [-0.1, -0.05) is 13.0 Å². The molecule has 0 aromatic carbocycles. The van der Waals surface area contributed by atoms with Crippen molar-refractivity contribution >= 4 is 0 Å². The zero-order chi connectivity index (χ0) is 11.2. The fourth-order valence-electron chi connectivity index (χ4n) is 2.65. The minimum atomic E-state index is 0.765. The van der Waals surface area contributed by atoms with Gasteiger partial charge in [-0.15, -0.1) is 0 Å². The van der Waals surface area contributed by atoms with Crippen LogP contribution in [0.5, 0.6) is 0 Å². The summed E-state index contributed by atoms with van der Waals surface area (Å²) in [4.78, 5) is 4.18. The summed E-state index contributed by atoms with van der Waals surface area (Å²) in [6.45, 7) is 3.40. The zero-order valence-corrected chi connectivity index (χ0v) is 10.2. The van der Waals surface area contributed by atoms with E-state index in [9.17, 15) is 0 Å². The molecule has 1 fully saturated rings. The first-order valence-corrected chi connectivity index (χ1v) is 6.50. The average Bonchev–Trinajstić information content (AvgIpc) is 2.75. The van der Waals surface area contributed by atoms with Crippen molar-refractivity contribution in [2.24, 2.45) is 5.92 Å². The monoisotopic (exact) mass is 218 g/mol. The molecule has 2 atom stereocenters. The molecule has 0 saturated heterocycles. The number of hydrogen-bond acceptors (Lipinski definition) is 2. The molecule has 1 N–H and O–H groups in total. The zero-order valence-electron chi connectivity index (χ0n) is 10.2. The van der Waals surface area contributed by atoms with Gasteiger partial charge in [-0.05, 0) is 56.2 Å². The Hall–Kier alpha value is -0.890. The quantitative estimate of drug-likeness (QED) is 0.822. The molecule has 2 nitrogen and oxygen atoms in total. The van der Waals surface area contributed by atoms with Crippen LogP contribution in [0, 0.1) is 5.92 Å². The van der Waals surface area contributed by atoms with Gasteiger partial charge in [-0.25, -0.2) is 0 Å². The molecule has 0 spiro atoms. The van der Waals surface area contributed by atoms with Crippen LogP contribution in [0.3, 0.4) is 0 Å². The van der Waals surface area contributed by atoms with Gasteiger partial charge in [0.05, 0.1) is 0 Å². The largest absolute Gasteiger partial charge is 0.314 e. The van der Waals surface area contributed by atoms with Gasteiger partial charge in [0.25, 0.3) is 0 Å². The molecule has 1 aromatic rings. The lowest BCUT2D eigenvalue weighted by molar-refractivity contribution is 0.484. The normalized spacial score (nSPS) is 24.8. The number of hydrogen-bond donors (Lipinski definition) is 1. The SMILES string of the molecule is CCCNC1CCC(Cc2cccnc2)C1. The van der Waals surface area contributed by atoms with E-state index in [0.29, 0.717) is 0 Å². The summed E-state index contributed by atoms with van der Waals surface area (Å²) < 4.78 is 0. The van der Waals surface area contributed by atoms with Gasteiger partial charge in [-0.3, -0.25) is 4.98 Å². The Labute approximate surface area is 98.5 Å². The maximum atomic E-state index is 4.18. The Balaban J connectivity index is 1.76. The molecule has 16 heavy (non-hydrogen) atoms. The summed E-state index contributed by atoms with van der Waals surface area (Å²) in [6.07, 6.45) is 10.4. The predicted molar refractivity (Wildman–Crippen MR) is 67.4 cm³/mol. The number of nitrogens with zero attached hydrogens (tertiary/aromatic N) is 1. The van der Waals surface area contributed by atoms with Crippen LogP contribution in [-0.2, 0) is 6.42 Å². The molecular weight excluding hydrogens is 196 g/mol. The van der Waals surface area contributed by atoms with Crippen molar-refractivity contribution in [2.45, 2.75) is 45.1 Å². The molecule has 0 radical (unpaired) electrons. The average molecular weight is 218 g/mol. The standard InChI is InChI=1S/C14H22N2/c1-2-7-16-14-6-5-12(10-14)9-13-4-3-8-15-11-13/h3-4,8,11-12,14,16H,2,5-7,9-10H2,1H3. The van der Waals surface area contributed by atoms with Crippen LogP contribution in [0.1, 0.15) is 38.2 Å². The first kappa shape index (κ1) is 11.6. The molecule has 0 aliphatic heterocycles. The van der Waals surface area contributed by atoms with Crippen LogP contribution in [0.2, 0.25) is 0 Å². The Morgan fingerprint density at radius 2 is 2.38 bits per heavy atom. The van der Waals surface area contributed by atoms with Gasteiger partial charge in [-0.2, -0.15) is 0 Å². The van der Waals surface area contributed by atoms with E-state index in [1.807, 2.05) is 18.5 Å². The van der Waals surface area contributed by atoms with Crippen LogP contribution < -0.4 is 5.32 Å². The van der Waals surface area contributed by atoms with E-state index < -0.39 is 0 Å². The van der Waals surface area contributed by atoms with Gasteiger partial charge < -0.3 is 5.32 Å². The minimum absolute atomic E-state index is 0.765. The summed E-state index contributed by atoms with van der Waals surface area (Å²) in [5, 5.41) is 3.63. The summed E-state index contributed by atoms with van der Waals surface area (Å²) in [7, 11) is 0. The number of nitrogens with one attached hydrogen (secondary N) is 1. The Bertz CT molecular complexity index is 297. The predicted octanol–water partition coefficient (Wildman–Crippen LogP) is 2.79. The van der Waals surface area contributed by atoms with E-state index in [-0.39, 0.29) is 0 Å². The molecule has 2 rings (SSSR count). The molecule has 0 amide bonds. The second-order valence-corrected chi connectivity index (χ2v) is 4.90. The molecular formula is C14H22N2. The lowest BCUT2D eigenvalue weighted by atomic mass is 9.99. The summed E-state index contributed by atoms with van der Waals surface area (Å²) in [6, 6.07) is 5.00. The highest BCUT2D eigenvalue weighted by atomic mass is 14.9. The van der Waals surface area contributed by atoms with Crippen LogP contribution in [0.4, 0.5) is 0 Å². The number of pyridine rings is 1. The van der Waals surface area contributed by atoms with E-state index >= 15 is 0 Å². The molecule has 2 unspecified atom stereocenters. The number of aromatic nitrogens is 1. The maximum absolute atomic E-state index is 4.18. The molecule has 1 saturated carbocycles. The van der Waals surface area contributed by atoms with Crippen LogP contribution in [0.15, 0.2) is 24.5 Å². The summed E-state index contributed by atoms with van der Waals surface area (Å²) in [5.74, 6) is 0.860. The fraction of sp³-hybridized carbons (Fsp3) is 0.643. The smallest absolute Gasteiger partial charge is 0.0299 e. The lowest BCUT2D eigenvalue weighted by Crippen LogP contribution is -2.27. The minimum Gasteiger partial charge on any atom is -0.314 e. The van der Waals surface area contributed by atoms with Gasteiger partial charge >= 0.3 is 0 Å². The van der Waals surface area contributed by atoms with Crippen LogP contribution >= 0.6 is 0 Å². The third-order valence-corrected chi connectivity index (χ3v) is 3.47. The van der Waals surface area contributed by atoms with Gasteiger partial charge in [0.1, 0.15) is 0 Å². The van der Waals surface area contributed by atoms with Gasteiger partial charge in [0.15, 0.2) is 0 Å². The van der Waals surface area contributed by atoms with E-state index in [4.69, 9.17) is 0 Å². The topological polar surface area (TPSA) is 24.9 Å². The Morgan fingerprint density at radius 3 is 3.12 bits per heavy atom. The third kappa shape index (κ3) is 3.31. The van der Waals surface area contributed by atoms with Gasteiger partial charge in [0, 0.05) is 18.4 Å². The van der Waals surface area contributed by atoms with Crippen LogP contribution in [0.25, 0.3) is 0 Å². The van der Waals surface area contributed by atoms with Crippen LogP contribution in [-0.4, -0.2) is 17.6 Å². The van der Waals surface area contributed by atoms with Crippen molar-refractivity contribution in [3.8, 4) is 0 Å². The second-order valence-electron chi connectivity index (χ2n) is 4.90.